The standard InChI is InChI=1S/C16H24N2O/c1-12-2-3-14(10-12)11-18-16(19)15-6-4-13(5-7-15)8-9-17/h4-7,12,14H,2-3,8-11,17H2,1H3,(H,18,19). The second kappa shape index (κ2) is 6.71. The van der Waals surface area contributed by atoms with Gasteiger partial charge in [-0.2, -0.15) is 0 Å². The molecule has 0 aromatic heterocycles. The number of benzene rings is 1. The molecule has 2 rings (SSSR count). The Balaban J connectivity index is 1.82. The van der Waals surface area contributed by atoms with Crippen molar-refractivity contribution in [2.75, 3.05) is 13.1 Å². The Hall–Kier alpha value is -1.35. The number of nitrogens with one attached hydrogen (secondary N) is 1. The molecule has 3 N–H and O–H groups in total. The van der Waals surface area contributed by atoms with E-state index in [1.54, 1.807) is 0 Å². The van der Waals surface area contributed by atoms with Crippen molar-refractivity contribution in [3.8, 4) is 0 Å². The zero-order valence-corrected chi connectivity index (χ0v) is 11.7. The maximum atomic E-state index is 12.0. The number of hydrogen-bond acceptors (Lipinski definition) is 2. The summed E-state index contributed by atoms with van der Waals surface area (Å²) in [5.41, 5.74) is 7.43. The van der Waals surface area contributed by atoms with Crippen LogP contribution in [0.25, 0.3) is 0 Å². The fourth-order valence-electron chi connectivity index (χ4n) is 2.84. The summed E-state index contributed by atoms with van der Waals surface area (Å²) < 4.78 is 0. The molecule has 1 aliphatic carbocycles. The third-order valence-corrected chi connectivity index (χ3v) is 4.00. The van der Waals surface area contributed by atoms with Gasteiger partial charge in [-0.15, -0.1) is 0 Å². The zero-order valence-electron chi connectivity index (χ0n) is 11.7. The largest absolute Gasteiger partial charge is 0.352 e. The van der Waals surface area contributed by atoms with Gasteiger partial charge in [0.1, 0.15) is 0 Å². The van der Waals surface area contributed by atoms with Crippen molar-refractivity contribution < 1.29 is 4.79 Å². The van der Waals surface area contributed by atoms with Gasteiger partial charge in [0.25, 0.3) is 5.91 Å². The molecule has 0 bridgehead atoms. The lowest BCUT2D eigenvalue weighted by molar-refractivity contribution is 0.0947. The lowest BCUT2D eigenvalue weighted by Crippen LogP contribution is -2.28. The Morgan fingerprint density at radius 2 is 2.05 bits per heavy atom. The highest BCUT2D eigenvalue weighted by atomic mass is 16.1. The smallest absolute Gasteiger partial charge is 0.251 e. The summed E-state index contributed by atoms with van der Waals surface area (Å²) in [5.74, 6) is 1.52. The minimum Gasteiger partial charge on any atom is -0.352 e. The van der Waals surface area contributed by atoms with E-state index in [-0.39, 0.29) is 5.91 Å². The minimum atomic E-state index is 0.0406. The molecule has 1 aliphatic rings. The van der Waals surface area contributed by atoms with E-state index in [9.17, 15) is 4.79 Å². The molecule has 19 heavy (non-hydrogen) atoms. The van der Waals surface area contributed by atoms with Gasteiger partial charge in [0.15, 0.2) is 0 Å². The monoisotopic (exact) mass is 260 g/mol. The number of nitrogens with two attached hydrogens (primary N) is 1. The van der Waals surface area contributed by atoms with E-state index in [4.69, 9.17) is 5.73 Å². The summed E-state index contributed by atoms with van der Waals surface area (Å²) in [5, 5.41) is 3.05. The Labute approximate surface area is 115 Å². The molecule has 1 aromatic carbocycles. The third kappa shape index (κ3) is 4.06. The average Bonchev–Trinajstić information content (AvgIpc) is 2.83. The average molecular weight is 260 g/mol. The molecule has 2 atom stereocenters. The molecule has 1 amide bonds. The number of carbonyl (C=O) groups excluding carboxylic acids is 1. The molecular weight excluding hydrogens is 236 g/mol. The van der Waals surface area contributed by atoms with Crippen LogP contribution in [0.15, 0.2) is 24.3 Å². The fraction of sp³-hybridized carbons (Fsp3) is 0.562. The molecule has 1 saturated carbocycles. The van der Waals surface area contributed by atoms with Gasteiger partial charge in [-0.05, 0) is 55.3 Å². The van der Waals surface area contributed by atoms with E-state index in [0.29, 0.717) is 12.5 Å². The first-order valence-corrected chi connectivity index (χ1v) is 7.26. The van der Waals surface area contributed by atoms with E-state index >= 15 is 0 Å². The summed E-state index contributed by atoms with van der Waals surface area (Å²) >= 11 is 0. The van der Waals surface area contributed by atoms with Gasteiger partial charge in [-0.3, -0.25) is 4.79 Å². The summed E-state index contributed by atoms with van der Waals surface area (Å²) in [6, 6.07) is 7.74. The number of rotatable bonds is 5. The van der Waals surface area contributed by atoms with Crippen LogP contribution in [-0.4, -0.2) is 19.0 Å². The van der Waals surface area contributed by atoms with Crippen molar-refractivity contribution in [3.05, 3.63) is 35.4 Å². The topological polar surface area (TPSA) is 55.1 Å². The quantitative estimate of drug-likeness (QED) is 0.854. The van der Waals surface area contributed by atoms with Crippen molar-refractivity contribution in [1.82, 2.24) is 5.32 Å². The minimum absolute atomic E-state index is 0.0406. The maximum Gasteiger partial charge on any atom is 0.251 e. The molecule has 1 aromatic rings. The van der Waals surface area contributed by atoms with Gasteiger partial charge in [0, 0.05) is 12.1 Å². The SMILES string of the molecule is CC1CCC(CNC(=O)c2ccc(CCN)cc2)C1. The molecule has 0 aliphatic heterocycles. The molecule has 0 saturated heterocycles. The van der Waals surface area contributed by atoms with E-state index in [1.165, 1.54) is 24.8 Å². The summed E-state index contributed by atoms with van der Waals surface area (Å²) in [4.78, 5) is 12.0. The zero-order chi connectivity index (χ0) is 13.7. The highest BCUT2D eigenvalue weighted by molar-refractivity contribution is 5.94. The van der Waals surface area contributed by atoms with Crippen molar-refractivity contribution in [1.29, 1.82) is 0 Å². The van der Waals surface area contributed by atoms with E-state index < -0.39 is 0 Å². The number of hydrogen-bond donors (Lipinski definition) is 2. The van der Waals surface area contributed by atoms with Crippen LogP contribution in [0.1, 0.15) is 42.1 Å². The van der Waals surface area contributed by atoms with Gasteiger partial charge >= 0.3 is 0 Å². The molecule has 0 radical (unpaired) electrons. The lowest BCUT2D eigenvalue weighted by atomic mass is 10.1. The van der Waals surface area contributed by atoms with Crippen LogP contribution in [0.5, 0.6) is 0 Å². The highest BCUT2D eigenvalue weighted by Crippen LogP contribution is 2.29. The second-order valence-electron chi connectivity index (χ2n) is 5.73. The van der Waals surface area contributed by atoms with Crippen LogP contribution in [-0.2, 0) is 6.42 Å². The Morgan fingerprint density at radius 1 is 1.32 bits per heavy atom. The van der Waals surface area contributed by atoms with Gasteiger partial charge in [0.05, 0.1) is 0 Å². The molecule has 0 heterocycles. The lowest BCUT2D eigenvalue weighted by Gasteiger charge is -2.11. The van der Waals surface area contributed by atoms with Crippen molar-refractivity contribution in [3.63, 3.8) is 0 Å². The first kappa shape index (κ1) is 14.1. The summed E-state index contributed by atoms with van der Waals surface area (Å²) in [6.07, 6.45) is 4.66. The summed E-state index contributed by atoms with van der Waals surface area (Å²) in [7, 11) is 0. The molecule has 3 nitrogen and oxygen atoms in total. The maximum absolute atomic E-state index is 12.0. The molecule has 1 fully saturated rings. The normalized spacial score (nSPS) is 22.4. The molecule has 104 valence electrons. The van der Waals surface area contributed by atoms with Crippen LogP contribution in [0.2, 0.25) is 0 Å². The first-order chi connectivity index (χ1) is 9.19. The van der Waals surface area contributed by atoms with Gasteiger partial charge < -0.3 is 11.1 Å². The molecule has 3 heteroatoms. The number of amides is 1. The van der Waals surface area contributed by atoms with Crippen molar-refractivity contribution in [2.24, 2.45) is 17.6 Å². The van der Waals surface area contributed by atoms with Crippen LogP contribution in [0, 0.1) is 11.8 Å². The molecule has 2 unspecified atom stereocenters. The van der Waals surface area contributed by atoms with E-state index in [0.717, 1.165) is 24.4 Å². The van der Waals surface area contributed by atoms with Gasteiger partial charge in [-0.1, -0.05) is 25.5 Å². The highest BCUT2D eigenvalue weighted by Gasteiger charge is 2.21. The Bertz CT molecular complexity index is 413. The predicted octanol–water partition coefficient (Wildman–Crippen LogP) is 2.35. The van der Waals surface area contributed by atoms with Gasteiger partial charge in [0.2, 0.25) is 0 Å². The van der Waals surface area contributed by atoms with Crippen molar-refractivity contribution in [2.45, 2.75) is 32.6 Å². The Kier molecular flexibility index (Phi) is 4.97. The first-order valence-electron chi connectivity index (χ1n) is 7.26. The van der Waals surface area contributed by atoms with Crippen LogP contribution in [0.4, 0.5) is 0 Å². The predicted molar refractivity (Wildman–Crippen MR) is 78.0 cm³/mol. The summed E-state index contributed by atoms with van der Waals surface area (Å²) in [6.45, 7) is 3.75. The van der Waals surface area contributed by atoms with Crippen LogP contribution < -0.4 is 11.1 Å². The van der Waals surface area contributed by atoms with Crippen molar-refractivity contribution >= 4 is 5.91 Å². The second-order valence-corrected chi connectivity index (χ2v) is 5.73. The fourth-order valence-corrected chi connectivity index (χ4v) is 2.84. The Morgan fingerprint density at radius 3 is 2.63 bits per heavy atom. The molecular formula is C16H24N2O. The van der Waals surface area contributed by atoms with E-state index in [2.05, 4.69) is 12.2 Å². The van der Waals surface area contributed by atoms with Crippen LogP contribution in [0.3, 0.4) is 0 Å². The van der Waals surface area contributed by atoms with Crippen LogP contribution >= 0.6 is 0 Å². The van der Waals surface area contributed by atoms with E-state index in [1.807, 2.05) is 24.3 Å². The van der Waals surface area contributed by atoms with Gasteiger partial charge in [-0.25, -0.2) is 0 Å². The number of carbonyl (C=O) groups is 1. The molecule has 0 spiro atoms. The third-order valence-electron chi connectivity index (χ3n) is 4.00.